The number of phenols is 1. The van der Waals surface area contributed by atoms with Crippen LogP contribution in [0.25, 0.3) is 0 Å². The van der Waals surface area contributed by atoms with Gasteiger partial charge in [0.25, 0.3) is 0 Å². The molecule has 2 rings (SSSR count). The smallest absolute Gasteiger partial charge is 0.115 e. The fraction of sp³-hybridized carbons (Fsp3) is 0.250. The molecule has 4 nitrogen and oxygen atoms in total. The molecule has 0 spiro atoms. The summed E-state index contributed by atoms with van der Waals surface area (Å²) in [6.07, 6.45) is 5.42. The fourth-order valence-corrected chi connectivity index (χ4v) is 1.74. The van der Waals surface area contributed by atoms with Crippen LogP contribution in [0.3, 0.4) is 0 Å². The normalized spacial score (nSPS) is 12.6. The predicted octanol–water partition coefficient (Wildman–Crippen LogP) is 1.33. The molecule has 0 saturated heterocycles. The van der Waals surface area contributed by atoms with E-state index in [4.69, 9.17) is 5.73 Å². The first-order chi connectivity index (χ1) is 7.79. The van der Waals surface area contributed by atoms with E-state index < -0.39 is 0 Å². The molecule has 4 heteroatoms. The van der Waals surface area contributed by atoms with E-state index in [0.29, 0.717) is 6.54 Å². The molecule has 0 fully saturated rings. The fourth-order valence-electron chi connectivity index (χ4n) is 1.74. The molecule has 1 atom stereocenters. The van der Waals surface area contributed by atoms with Crippen molar-refractivity contribution in [3.63, 3.8) is 0 Å². The summed E-state index contributed by atoms with van der Waals surface area (Å²) in [5.41, 5.74) is 6.81. The van der Waals surface area contributed by atoms with Crippen molar-refractivity contribution in [3.8, 4) is 5.75 Å². The lowest BCUT2D eigenvalue weighted by Gasteiger charge is -2.15. The molecule has 16 heavy (non-hydrogen) atoms. The van der Waals surface area contributed by atoms with Crippen LogP contribution in [0.2, 0.25) is 0 Å². The maximum Gasteiger partial charge on any atom is 0.115 e. The highest BCUT2D eigenvalue weighted by Gasteiger charge is 2.10. The first-order valence-electron chi connectivity index (χ1n) is 5.24. The topological polar surface area (TPSA) is 64.1 Å². The van der Waals surface area contributed by atoms with Crippen LogP contribution < -0.4 is 5.73 Å². The van der Waals surface area contributed by atoms with E-state index >= 15 is 0 Å². The molecule has 0 saturated carbocycles. The molecule has 1 heterocycles. The standard InChI is InChI=1S/C12H15N3O/c13-7-11(8-15-5-4-14-9-15)10-2-1-3-12(16)6-10/h1-6,9,11,16H,7-8,13H2. The van der Waals surface area contributed by atoms with Gasteiger partial charge in [0.2, 0.25) is 0 Å². The van der Waals surface area contributed by atoms with Gasteiger partial charge in [-0.3, -0.25) is 0 Å². The Balaban J connectivity index is 2.16. The second kappa shape index (κ2) is 4.81. The highest BCUT2D eigenvalue weighted by molar-refractivity contribution is 5.29. The zero-order valence-corrected chi connectivity index (χ0v) is 8.95. The molecule has 1 aromatic heterocycles. The summed E-state index contributed by atoms with van der Waals surface area (Å²) in [4.78, 5) is 3.99. The SMILES string of the molecule is NCC(Cn1ccnc1)c1cccc(O)c1. The van der Waals surface area contributed by atoms with E-state index in [1.54, 1.807) is 24.7 Å². The number of aromatic hydroxyl groups is 1. The lowest BCUT2D eigenvalue weighted by Crippen LogP contribution is -2.17. The van der Waals surface area contributed by atoms with Crippen LogP contribution in [-0.4, -0.2) is 21.2 Å². The van der Waals surface area contributed by atoms with Gasteiger partial charge < -0.3 is 15.4 Å². The first-order valence-corrected chi connectivity index (χ1v) is 5.24. The van der Waals surface area contributed by atoms with Crippen molar-refractivity contribution >= 4 is 0 Å². The van der Waals surface area contributed by atoms with Gasteiger partial charge in [-0.15, -0.1) is 0 Å². The summed E-state index contributed by atoms with van der Waals surface area (Å²) < 4.78 is 1.99. The van der Waals surface area contributed by atoms with Crippen LogP contribution in [0.4, 0.5) is 0 Å². The summed E-state index contributed by atoms with van der Waals surface area (Å²) in [6.45, 7) is 1.32. The number of imidazole rings is 1. The highest BCUT2D eigenvalue weighted by Crippen LogP contribution is 2.20. The minimum absolute atomic E-state index is 0.196. The lowest BCUT2D eigenvalue weighted by molar-refractivity contribution is 0.472. The third-order valence-corrected chi connectivity index (χ3v) is 2.62. The molecule has 1 unspecified atom stereocenters. The Kier molecular flexibility index (Phi) is 3.22. The zero-order valence-electron chi connectivity index (χ0n) is 8.95. The van der Waals surface area contributed by atoms with E-state index in [1.807, 2.05) is 22.9 Å². The summed E-state index contributed by atoms with van der Waals surface area (Å²) >= 11 is 0. The molecule has 2 aromatic rings. The summed E-state index contributed by atoms with van der Waals surface area (Å²) in [6, 6.07) is 7.23. The van der Waals surface area contributed by atoms with Crippen LogP contribution >= 0.6 is 0 Å². The van der Waals surface area contributed by atoms with Crippen molar-refractivity contribution in [2.75, 3.05) is 6.54 Å². The Hall–Kier alpha value is -1.81. The number of aromatic nitrogens is 2. The predicted molar refractivity (Wildman–Crippen MR) is 62.1 cm³/mol. The number of rotatable bonds is 4. The maximum atomic E-state index is 9.42. The van der Waals surface area contributed by atoms with Gasteiger partial charge in [-0.05, 0) is 17.7 Å². The molecule has 0 aliphatic heterocycles. The van der Waals surface area contributed by atoms with Crippen LogP contribution in [0.1, 0.15) is 11.5 Å². The number of benzene rings is 1. The Morgan fingerprint density at radius 3 is 2.94 bits per heavy atom. The summed E-state index contributed by atoms with van der Waals surface area (Å²) in [5, 5.41) is 9.42. The molecular formula is C12H15N3O. The van der Waals surface area contributed by atoms with E-state index in [1.165, 1.54) is 0 Å². The van der Waals surface area contributed by atoms with Crippen molar-refractivity contribution < 1.29 is 5.11 Å². The molecule has 0 aliphatic rings. The second-order valence-corrected chi connectivity index (χ2v) is 3.79. The van der Waals surface area contributed by atoms with Gasteiger partial charge in [0.05, 0.1) is 6.33 Å². The van der Waals surface area contributed by atoms with Crippen LogP contribution in [0, 0.1) is 0 Å². The number of hydrogen-bond acceptors (Lipinski definition) is 3. The van der Waals surface area contributed by atoms with Gasteiger partial charge >= 0.3 is 0 Å². The molecule has 0 radical (unpaired) electrons. The van der Waals surface area contributed by atoms with Crippen molar-refractivity contribution in [2.45, 2.75) is 12.5 Å². The average molecular weight is 217 g/mol. The summed E-state index contributed by atoms with van der Waals surface area (Å²) in [5.74, 6) is 0.475. The van der Waals surface area contributed by atoms with E-state index in [-0.39, 0.29) is 11.7 Å². The van der Waals surface area contributed by atoms with Gasteiger partial charge in [-0.25, -0.2) is 4.98 Å². The molecule has 0 bridgehead atoms. The largest absolute Gasteiger partial charge is 0.508 e. The molecule has 84 valence electrons. The third kappa shape index (κ3) is 2.41. The van der Waals surface area contributed by atoms with Crippen molar-refractivity contribution in [2.24, 2.45) is 5.73 Å². The van der Waals surface area contributed by atoms with Crippen LogP contribution in [0.5, 0.6) is 5.75 Å². The second-order valence-electron chi connectivity index (χ2n) is 3.79. The van der Waals surface area contributed by atoms with Crippen molar-refractivity contribution in [1.82, 2.24) is 9.55 Å². The van der Waals surface area contributed by atoms with Gasteiger partial charge in [-0.1, -0.05) is 12.1 Å². The maximum absolute atomic E-state index is 9.42. The minimum Gasteiger partial charge on any atom is -0.508 e. The molecule has 3 N–H and O–H groups in total. The zero-order chi connectivity index (χ0) is 11.4. The van der Waals surface area contributed by atoms with Crippen LogP contribution in [0.15, 0.2) is 43.0 Å². The van der Waals surface area contributed by atoms with Gasteiger partial charge in [-0.2, -0.15) is 0 Å². The molecule has 0 amide bonds. The number of nitrogens with two attached hydrogens (primary N) is 1. The van der Waals surface area contributed by atoms with E-state index in [2.05, 4.69) is 4.98 Å². The Morgan fingerprint density at radius 2 is 2.31 bits per heavy atom. The lowest BCUT2D eigenvalue weighted by atomic mass is 9.99. The molecule has 0 aliphatic carbocycles. The van der Waals surface area contributed by atoms with Gasteiger partial charge in [0.15, 0.2) is 0 Å². The minimum atomic E-state index is 0.196. The monoisotopic (exact) mass is 217 g/mol. The van der Waals surface area contributed by atoms with Crippen molar-refractivity contribution in [3.05, 3.63) is 48.5 Å². The van der Waals surface area contributed by atoms with Crippen LogP contribution in [-0.2, 0) is 6.54 Å². The molecular weight excluding hydrogens is 202 g/mol. The third-order valence-electron chi connectivity index (χ3n) is 2.62. The van der Waals surface area contributed by atoms with E-state index in [0.717, 1.165) is 12.1 Å². The number of hydrogen-bond donors (Lipinski definition) is 2. The van der Waals surface area contributed by atoms with Gasteiger partial charge in [0.1, 0.15) is 5.75 Å². The van der Waals surface area contributed by atoms with Crippen molar-refractivity contribution in [1.29, 1.82) is 0 Å². The Labute approximate surface area is 94.4 Å². The van der Waals surface area contributed by atoms with E-state index in [9.17, 15) is 5.11 Å². The average Bonchev–Trinajstić information content (AvgIpc) is 2.78. The van der Waals surface area contributed by atoms with Gasteiger partial charge in [0, 0.05) is 31.4 Å². The summed E-state index contributed by atoms with van der Waals surface area (Å²) in [7, 11) is 0. The highest BCUT2D eigenvalue weighted by atomic mass is 16.3. The Bertz CT molecular complexity index is 439. The Morgan fingerprint density at radius 1 is 1.44 bits per heavy atom. The molecule has 1 aromatic carbocycles. The number of phenolic OH excluding ortho intramolecular Hbond substituents is 1. The number of nitrogens with zero attached hydrogens (tertiary/aromatic N) is 2. The quantitative estimate of drug-likeness (QED) is 0.812. The first kappa shape index (κ1) is 10.7.